The number of benzene rings is 2. The summed E-state index contributed by atoms with van der Waals surface area (Å²) in [6.45, 7) is 6.43. The fraction of sp³-hybridized carbons (Fsp3) is 0.423. The number of H-pyrrole nitrogens is 1. The van der Waals surface area contributed by atoms with Gasteiger partial charge in [0.2, 0.25) is 0 Å². The summed E-state index contributed by atoms with van der Waals surface area (Å²) in [4.78, 5) is 35.6. The first-order chi connectivity index (χ1) is 17.4. The number of hydrazine groups is 1. The van der Waals surface area contributed by atoms with Crippen LogP contribution in [0.1, 0.15) is 41.4 Å². The monoisotopic (exact) mass is 496 g/mol. The molecule has 2 saturated heterocycles. The van der Waals surface area contributed by atoms with Crippen molar-refractivity contribution in [2.75, 3.05) is 44.2 Å². The van der Waals surface area contributed by atoms with Crippen molar-refractivity contribution in [1.29, 1.82) is 0 Å². The third kappa shape index (κ3) is 4.96. The first-order valence-electron chi connectivity index (χ1n) is 12.5. The topological polar surface area (TPSA) is 84.6 Å². The number of aryl methyl sites for hydroxylation is 1. The van der Waals surface area contributed by atoms with Crippen molar-refractivity contribution in [3.63, 3.8) is 0 Å². The molecular weight excluding hydrogens is 466 g/mol. The molecule has 0 atom stereocenters. The van der Waals surface area contributed by atoms with Gasteiger partial charge in [0, 0.05) is 57.1 Å². The van der Waals surface area contributed by atoms with Gasteiger partial charge in [0.05, 0.1) is 11.1 Å². The Morgan fingerprint density at radius 3 is 2.50 bits per heavy atom. The minimum Gasteiger partial charge on any atom is -0.369 e. The standard InChI is InChI=1S/C26H30F2N6O2/c1-2-21-26(36)30-24-22(29-21)8-5-17(23(24)28)16-32-11-13-33(14-12-32)18-6-7-19(20(27)15-18)25(35)31-34-9-3-4-10-34/h5-8,15H,2-4,9-14,16H2,1H3,(H,30,36)(H,31,35). The number of carbonyl (C=O) groups excluding carboxylic acids is 1. The van der Waals surface area contributed by atoms with Crippen molar-refractivity contribution < 1.29 is 13.6 Å². The van der Waals surface area contributed by atoms with E-state index in [1.54, 1.807) is 18.2 Å². The Morgan fingerprint density at radius 2 is 1.81 bits per heavy atom. The molecule has 2 N–H and O–H groups in total. The zero-order valence-electron chi connectivity index (χ0n) is 20.3. The van der Waals surface area contributed by atoms with Crippen LogP contribution >= 0.6 is 0 Å². The van der Waals surface area contributed by atoms with Crippen molar-refractivity contribution in [3.05, 3.63) is 69.1 Å². The molecule has 2 aliphatic rings. The molecule has 0 aliphatic carbocycles. The molecule has 1 amide bonds. The van der Waals surface area contributed by atoms with Gasteiger partial charge in [0.1, 0.15) is 17.0 Å². The number of piperazine rings is 1. The van der Waals surface area contributed by atoms with Gasteiger partial charge in [0.15, 0.2) is 5.82 Å². The number of hydrogen-bond acceptors (Lipinski definition) is 6. The van der Waals surface area contributed by atoms with Crippen LogP contribution in [0.25, 0.3) is 11.0 Å². The van der Waals surface area contributed by atoms with Crippen LogP contribution in [-0.4, -0.2) is 65.1 Å². The van der Waals surface area contributed by atoms with Crippen molar-refractivity contribution in [2.45, 2.75) is 32.7 Å². The smallest absolute Gasteiger partial charge is 0.270 e. The van der Waals surface area contributed by atoms with E-state index in [4.69, 9.17) is 0 Å². The first-order valence-corrected chi connectivity index (χ1v) is 12.5. The number of nitrogens with one attached hydrogen (secondary N) is 2. The molecule has 0 spiro atoms. The molecule has 2 aliphatic heterocycles. The maximum Gasteiger partial charge on any atom is 0.270 e. The highest BCUT2D eigenvalue weighted by Crippen LogP contribution is 2.23. The quantitative estimate of drug-likeness (QED) is 0.546. The van der Waals surface area contributed by atoms with Gasteiger partial charge in [-0.1, -0.05) is 13.0 Å². The predicted molar refractivity (Wildman–Crippen MR) is 134 cm³/mol. The van der Waals surface area contributed by atoms with Gasteiger partial charge in [0.25, 0.3) is 11.5 Å². The summed E-state index contributed by atoms with van der Waals surface area (Å²) in [6.07, 6.45) is 2.53. The molecule has 8 nitrogen and oxygen atoms in total. The largest absolute Gasteiger partial charge is 0.369 e. The lowest BCUT2D eigenvalue weighted by Gasteiger charge is -2.36. The maximum absolute atomic E-state index is 15.1. The lowest BCUT2D eigenvalue weighted by Crippen LogP contribution is -2.46. The Morgan fingerprint density at radius 1 is 1.06 bits per heavy atom. The summed E-state index contributed by atoms with van der Waals surface area (Å²) in [5, 5.41) is 1.82. The van der Waals surface area contributed by atoms with E-state index in [0.717, 1.165) is 31.6 Å². The third-order valence-corrected chi connectivity index (χ3v) is 6.99. The number of halogens is 2. The van der Waals surface area contributed by atoms with Crippen molar-refractivity contribution >= 4 is 22.6 Å². The lowest BCUT2D eigenvalue weighted by atomic mass is 10.1. The van der Waals surface area contributed by atoms with Gasteiger partial charge in [-0.05, 0) is 43.5 Å². The second kappa shape index (κ2) is 10.3. The molecule has 3 heterocycles. The number of rotatable bonds is 6. The van der Waals surface area contributed by atoms with Gasteiger partial charge < -0.3 is 9.88 Å². The van der Waals surface area contributed by atoms with E-state index in [1.165, 1.54) is 12.1 Å². The Bertz CT molecular complexity index is 1330. The zero-order chi connectivity index (χ0) is 25.2. The van der Waals surface area contributed by atoms with Crippen LogP contribution in [0, 0.1) is 11.6 Å². The summed E-state index contributed by atoms with van der Waals surface area (Å²) >= 11 is 0. The minimum atomic E-state index is -0.543. The van der Waals surface area contributed by atoms with Gasteiger partial charge in [-0.25, -0.2) is 18.8 Å². The normalized spacial score (nSPS) is 17.1. The second-order valence-electron chi connectivity index (χ2n) is 9.36. The van der Waals surface area contributed by atoms with Crippen LogP contribution in [0.5, 0.6) is 0 Å². The highest BCUT2D eigenvalue weighted by Gasteiger charge is 2.22. The number of nitrogens with zero attached hydrogens (tertiary/aromatic N) is 4. The van der Waals surface area contributed by atoms with E-state index >= 15 is 4.39 Å². The molecule has 190 valence electrons. The fourth-order valence-corrected chi connectivity index (χ4v) is 4.89. The SMILES string of the molecule is CCc1nc2ccc(CN3CCN(c4ccc(C(=O)NN5CCCC5)c(F)c4)CC3)c(F)c2[nH]c1=O. The van der Waals surface area contributed by atoms with Crippen molar-refractivity contribution in [1.82, 2.24) is 25.3 Å². The van der Waals surface area contributed by atoms with Crippen LogP contribution in [0.3, 0.4) is 0 Å². The number of hydrogen-bond donors (Lipinski definition) is 2. The minimum absolute atomic E-state index is 0.0367. The average Bonchev–Trinajstić information content (AvgIpc) is 3.39. The number of fused-ring (bicyclic) bond motifs is 1. The molecule has 5 rings (SSSR count). The third-order valence-electron chi connectivity index (χ3n) is 6.99. The van der Waals surface area contributed by atoms with E-state index in [9.17, 15) is 14.0 Å². The first kappa shape index (κ1) is 24.3. The van der Waals surface area contributed by atoms with E-state index in [1.807, 2.05) is 11.9 Å². The Balaban J connectivity index is 1.21. The van der Waals surface area contributed by atoms with Crippen LogP contribution in [0.4, 0.5) is 14.5 Å². The molecule has 1 aromatic heterocycles. The van der Waals surface area contributed by atoms with E-state index in [0.29, 0.717) is 55.9 Å². The molecule has 2 fully saturated rings. The number of anilines is 1. The van der Waals surface area contributed by atoms with Crippen LogP contribution in [0.2, 0.25) is 0 Å². The molecule has 2 aromatic carbocycles. The highest BCUT2D eigenvalue weighted by atomic mass is 19.1. The summed E-state index contributed by atoms with van der Waals surface area (Å²) in [5.74, 6) is -1.42. The Hall–Kier alpha value is -3.37. The zero-order valence-corrected chi connectivity index (χ0v) is 20.3. The number of aromatic nitrogens is 2. The van der Waals surface area contributed by atoms with Gasteiger partial charge in [-0.3, -0.25) is 19.9 Å². The van der Waals surface area contributed by atoms with Gasteiger partial charge >= 0.3 is 0 Å². The molecule has 0 saturated carbocycles. The van der Waals surface area contributed by atoms with E-state index in [-0.39, 0.29) is 16.6 Å². The molecule has 0 bridgehead atoms. The number of amides is 1. The molecular formula is C26H30F2N6O2. The van der Waals surface area contributed by atoms with Crippen molar-refractivity contribution in [2.24, 2.45) is 0 Å². The van der Waals surface area contributed by atoms with E-state index in [2.05, 4.69) is 25.2 Å². The molecule has 3 aromatic rings. The summed E-state index contributed by atoms with van der Waals surface area (Å²) in [5.41, 5.74) is 4.63. The van der Waals surface area contributed by atoms with E-state index < -0.39 is 17.5 Å². The predicted octanol–water partition coefficient (Wildman–Crippen LogP) is 2.83. The Labute approximate surface area is 207 Å². The van der Waals surface area contributed by atoms with Crippen LogP contribution in [-0.2, 0) is 13.0 Å². The molecule has 36 heavy (non-hydrogen) atoms. The van der Waals surface area contributed by atoms with Crippen molar-refractivity contribution in [3.8, 4) is 0 Å². The van der Waals surface area contributed by atoms with Crippen LogP contribution in [0.15, 0.2) is 35.1 Å². The second-order valence-corrected chi connectivity index (χ2v) is 9.36. The Kier molecular flexibility index (Phi) is 6.97. The highest BCUT2D eigenvalue weighted by molar-refractivity contribution is 5.94. The summed E-state index contributed by atoms with van der Waals surface area (Å²) in [6, 6.07) is 8.17. The summed E-state index contributed by atoms with van der Waals surface area (Å²) in [7, 11) is 0. The number of aromatic amines is 1. The molecule has 0 unspecified atom stereocenters. The fourth-order valence-electron chi connectivity index (χ4n) is 4.89. The van der Waals surface area contributed by atoms with Gasteiger partial charge in [-0.2, -0.15) is 0 Å². The van der Waals surface area contributed by atoms with Crippen LogP contribution < -0.4 is 15.9 Å². The lowest BCUT2D eigenvalue weighted by molar-refractivity contribution is 0.0821. The molecule has 10 heteroatoms. The maximum atomic E-state index is 15.1. The average molecular weight is 497 g/mol. The summed E-state index contributed by atoms with van der Waals surface area (Å²) < 4.78 is 29.9. The number of carbonyl (C=O) groups is 1. The van der Waals surface area contributed by atoms with Gasteiger partial charge in [-0.15, -0.1) is 0 Å². The molecule has 0 radical (unpaired) electrons.